The van der Waals surface area contributed by atoms with Crippen molar-refractivity contribution in [3.05, 3.63) is 34.9 Å². The molecule has 1 atom stereocenters. The van der Waals surface area contributed by atoms with Gasteiger partial charge in [0.05, 0.1) is 5.92 Å². The fourth-order valence-electron chi connectivity index (χ4n) is 3.52. The molecule has 0 saturated carbocycles. The summed E-state index contributed by atoms with van der Waals surface area (Å²) < 4.78 is 0. The Hall–Kier alpha value is -0.520. The highest BCUT2D eigenvalue weighted by Gasteiger charge is 2.27. The summed E-state index contributed by atoms with van der Waals surface area (Å²) >= 11 is 5.95. The lowest BCUT2D eigenvalue weighted by Crippen LogP contribution is -2.44. The Morgan fingerprint density at radius 2 is 1.84 bits per heavy atom. The molecule has 0 spiro atoms. The van der Waals surface area contributed by atoms with Gasteiger partial charge in [-0.3, -0.25) is 9.69 Å². The molecule has 3 rings (SSSR count). The third-order valence-corrected chi connectivity index (χ3v) is 5.12. The van der Waals surface area contributed by atoms with Crippen molar-refractivity contribution in [1.29, 1.82) is 0 Å². The summed E-state index contributed by atoms with van der Waals surface area (Å²) in [5.74, 6) is 0.539. The molecule has 2 fully saturated rings. The van der Waals surface area contributed by atoms with Gasteiger partial charge < -0.3 is 10.2 Å². The molecule has 1 unspecified atom stereocenters. The van der Waals surface area contributed by atoms with Crippen LogP contribution < -0.4 is 5.32 Å². The van der Waals surface area contributed by atoms with Gasteiger partial charge in [-0.05, 0) is 43.5 Å². The molecular formula is C18H28Cl3N3O. The van der Waals surface area contributed by atoms with Gasteiger partial charge in [0.25, 0.3) is 0 Å². The highest BCUT2D eigenvalue weighted by Crippen LogP contribution is 2.17. The van der Waals surface area contributed by atoms with Crippen molar-refractivity contribution >= 4 is 42.3 Å². The van der Waals surface area contributed by atoms with Gasteiger partial charge in [0, 0.05) is 44.3 Å². The van der Waals surface area contributed by atoms with E-state index < -0.39 is 0 Å². The van der Waals surface area contributed by atoms with Crippen LogP contribution in [0.4, 0.5) is 0 Å². The van der Waals surface area contributed by atoms with E-state index in [1.54, 1.807) is 0 Å². The number of carbonyl (C=O) groups is 1. The number of rotatable bonds is 3. The lowest BCUT2D eigenvalue weighted by Gasteiger charge is -2.29. The van der Waals surface area contributed by atoms with E-state index in [2.05, 4.69) is 27.2 Å². The second-order valence-corrected chi connectivity index (χ2v) is 7.06. The van der Waals surface area contributed by atoms with Crippen molar-refractivity contribution in [2.24, 2.45) is 5.92 Å². The fraction of sp³-hybridized carbons (Fsp3) is 0.611. The zero-order valence-corrected chi connectivity index (χ0v) is 16.8. The first-order valence-electron chi connectivity index (χ1n) is 8.69. The van der Waals surface area contributed by atoms with E-state index in [0.717, 1.165) is 70.1 Å². The van der Waals surface area contributed by atoms with Crippen molar-refractivity contribution in [3.8, 4) is 0 Å². The number of hydrogen-bond donors (Lipinski definition) is 1. The Morgan fingerprint density at radius 1 is 1.08 bits per heavy atom. The molecule has 2 aliphatic heterocycles. The molecule has 1 aromatic carbocycles. The first-order chi connectivity index (χ1) is 11.2. The number of hydrogen-bond acceptors (Lipinski definition) is 3. The number of benzene rings is 1. The normalized spacial score (nSPS) is 21.6. The maximum atomic E-state index is 12.7. The van der Waals surface area contributed by atoms with E-state index in [0.29, 0.717) is 5.91 Å². The number of nitrogens with one attached hydrogen (secondary N) is 1. The summed E-state index contributed by atoms with van der Waals surface area (Å²) in [7, 11) is 0. The minimum absolute atomic E-state index is 0. The van der Waals surface area contributed by atoms with Crippen LogP contribution in [0, 0.1) is 5.92 Å². The molecule has 0 aliphatic carbocycles. The van der Waals surface area contributed by atoms with Crippen molar-refractivity contribution in [3.63, 3.8) is 0 Å². The topological polar surface area (TPSA) is 35.6 Å². The van der Waals surface area contributed by atoms with Crippen LogP contribution in [0.25, 0.3) is 0 Å². The van der Waals surface area contributed by atoms with E-state index in [1.807, 2.05) is 12.1 Å². The van der Waals surface area contributed by atoms with E-state index in [-0.39, 0.29) is 30.7 Å². The predicted octanol–water partition coefficient (Wildman–Crippen LogP) is 3.22. The van der Waals surface area contributed by atoms with Gasteiger partial charge in [-0.25, -0.2) is 0 Å². The lowest BCUT2D eigenvalue weighted by atomic mass is 9.98. The number of carbonyl (C=O) groups excluding carboxylic acids is 1. The average Bonchev–Trinajstić information content (AvgIpc) is 2.83. The van der Waals surface area contributed by atoms with Gasteiger partial charge in [0.15, 0.2) is 0 Å². The third-order valence-electron chi connectivity index (χ3n) is 4.87. The molecule has 4 nitrogen and oxygen atoms in total. The SMILES string of the molecule is Cl.Cl.O=C(C1CCCNC1)N1CCCN(Cc2ccc(Cl)cc2)CC1. The summed E-state index contributed by atoms with van der Waals surface area (Å²) in [5.41, 5.74) is 1.28. The zero-order chi connectivity index (χ0) is 16.1. The molecular weight excluding hydrogens is 381 g/mol. The average molecular weight is 409 g/mol. The number of nitrogens with zero attached hydrogens (tertiary/aromatic N) is 2. The summed E-state index contributed by atoms with van der Waals surface area (Å²) in [5, 5.41) is 4.13. The minimum Gasteiger partial charge on any atom is -0.341 e. The zero-order valence-electron chi connectivity index (χ0n) is 14.5. The monoisotopic (exact) mass is 407 g/mol. The van der Waals surface area contributed by atoms with Crippen LogP contribution in [0.3, 0.4) is 0 Å². The molecule has 25 heavy (non-hydrogen) atoms. The molecule has 2 saturated heterocycles. The molecule has 0 bridgehead atoms. The molecule has 0 aromatic heterocycles. The van der Waals surface area contributed by atoms with E-state index in [9.17, 15) is 4.79 Å². The molecule has 142 valence electrons. The Kier molecular flexibility index (Phi) is 10.1. The first-order valence-corrected chi connectivity index (χ1v) is 9.06. The summed E-state index contributed by atoms with van der Waals surface area (Å²) in [6.07, 6.45) is 3.21. The summed E-state index contributed by atoms with van der Waals surface area (Å²) in [4.78, 5) is 17.2. The van der Waals surface area contributed by atoms with Crippen LogP contribution in [0.15, 0.2) is 24.3 Å². The number of amides is 1. The largest absolute Gasteiger partial charge is 0.341 e. The van der Waals surface area contributed by atoms with Crippen molar-refractivity contribution in [1.82, 2.24) is 15.1 Å². The minimum atomic E-state index is 0. The summed E-state index contributed by atoms with van der Waals surface area (Å²) in [6.45, 7) is 6.59. The Balaban J connectivity index is 0.00000156. The van der Waals surface area contributed by atoms with Crippen LogP contribution in [0.5, 0.6) is 0 Å². The Labute approximate surface area is 168 Å². The van der Waals surface area contributed by atoms with Gasteiger partial charge in [-0.1, -0.05) is 23.7 Å². The van der Waals surface area contributed by atoms with E-state index >= 15 is 0 Å². The van der Waals surface area contributed by atoms with Gasteiger partial charge in [0.1, 0.15) is 0 Å². The Morgan fingerprint density at radius 3 is 2.52 bits per heavy atom. The van der Waals surface area contributed by atoms with Crippen LogP contribution >= 0.6 is 36.4 Å². The molecule has 2 heterocycles. The number of piperidine rings is 1. The Bertz CT molecular complexity index is 521. The quantitative estimate of drug-likeness (QED) is 0.834. The van der Waals surface area contributed by atoms with Crippen LogP contribution in [-0.2, 0) is 11.3 Å². The second kappa shape index (κ2) is 11.2. The van der Waals surface area contributed by atoms with Crippen molar-refractivity contribution in [2.45, 2.75) is 25.8 Å². The number of halogens is 3. The van der Waals surface area contributed by atoms with E-state index in [4.69, 9.17) is 11.6 Å². The highest BCUT2D eigenvalue weighted by atomic mass is 35.5. The molecule has 1 aromatic rings. The highest BCUT2D eigenvalue weighted by molar-refractivity contribution is 6.30. The van der Waals surface area contributed by atoms with Crippen LogP contribution in [0.1, 0.15) is 24.8 Å². The maximum Gasteiger partial charge on any atom is 0.227 e. The molecule has 0 radical (unpaired) electrons. The lowest BCUT2D eigenvalue weighted by molar-refractivity contribution is -0.135. The third kappa shape index (κ3) is 6.61. The van der Waals surface area contributed by atoms with Gasteiger partial charge in [-0.2, -0.15) is 0 Å². The summed E-state index contributed by atoms with van der Waals surface area (Å²) in [6, 6.07) is 8.06. The van der Waals surface area contributed by atoms with Gasteiger partial charge in [-0.15, -0.1) is 24.8 Å². The fourth-order valence-corrected chi connectivity index (χ4v) is 3.64. The van der Waals surface area contributed by atoms with Crippen molar-refractivity contribution in [2.75, 3.05) is 39.3 Å². The van der Waals surface area contributed by atoms with E-state index in [1.165, 1.54) is 5.56 Å². The molecule has 1 amide bonds. The second-order valence-electron chi connectivity index (χ2n) is 6.62. The maximum absolute atomic E-state index is 12.7. The van der Waals surface area contributed by atoms with Gasteiger partial charge >= 0.3 is 0 Å². The smallest absolute Gasteiger partial charge is 0.227 e. The molecule has 2 aliphatic rings. The predicted molar refractivity (Wildman–Crippen MR) is 108 cm³/mol. The van der Waals surface area contributed by atoms with Crippen LogP contribution in [0.2, 0.25) is 5.02 Å². The van der Waals surface area contributed by atoms with Crippen molar-refractivity contribution < 1.29 is 4.79 Å². The molecule has 7 heteroatoms. The van der Waals surface area contributed by atoms with Crippen LogP contribution in [-0.4, -0.2) is 55.0 Å². The molecule has 1 N–H and O–H groups in total. The standard InChI is InChI=1S/C18H26ClN3O.2ClH/c19-17-6-4-15(5-7-17)14-21-9-2-10-22(12-11-21)18(23)16-3-1-8-20-13-16;;/h4-7,16,20H,1-3,8-14H2;2*1H. The first kappa shape index (κ1) is 22.5. The van der Waals surface area contributed by atoms with Gasteiger partial charge in [0.2, 0.25) is 5.91 Å².